The highest BCUT2D eigenvalue weighted by molar-refractivity contribution is 6.13. The Morgan fingerprint density at radius 2 is 1.67 bits per heavy atom. The predicted molar refractivity (Wildman–Crippen MR) is 92.6 cm³/mol. The second kappa shape index (κ2) is 8.14. The first-order chi connectivity index (χ1) is 9.75. The molecule has 0 aliphatic rings. The van der Waals surface area contributed by atoms with Crippen molar-refractivity contribution >= 4 is 11.8 Å². The van der Waals surface area contributed by atoms with Gasteiger partial charge in [0.05, 0.1) is 0 Å². The third-order valence-electron chi connectivity index (χ3n) is 4.58. The molecule has 0 spiro atoms. The summed E-state index contributed by atoms with van der Waals surface area (Å²) < 4.78 is 2.00. The molecule has 1 aromatic heterocycles. The number of halogens is 1. The van der Waals surface area contributed by atoms with Crippen molar-refractivity contribution in [1.29, 1.82) is 0 Å². The van der Waals surface area contributed by atoms with E-state index in [2.05, 4.69) is 59.5 Å². The lowest BCUT2D eigenvalue weighted by Gasteiger charge is -2.34. The van der Waals surface area contributed by atoms with Gasteiger partial charge in [-0.05, 0) is 61.4 Å². The zero-order valence-corrected chi connectivity index (χ0v) is 15.4. The van der Waals surface area contributed by atoms with Crippen molar-refractivity contribution in [1.82, 2.24) is 9.40 Å². The normalized spacial score (nSPS) is 16.5. The lowest BCUT2D eigenvalue weighted by atomic mass is 9.90. The zero-order chi connectivity index (χ0) is 16.2. The first-order valence-corrected chi connectivity index (χ1v) is 8.47. The minimum atomic E-state index is 0.337. The molecule has 0 bridgehead atoms. The molecular formula is C18H31ClN2. The average Bonchev–Trinajstić information content (AvgIpc) is 2.44. The third-order valence-corrected chi connectivity index (χ3v) is 5.20. The molecular weight excluding hydrogens is 280 g/mol. The highest BCUT2D eigenvalue weighted by atomic mass is 35.5. The van der Waals surface area contributed by atoms with Crippen molar-refractivity contribution in [3.05, 3.63) is 29.6 Å². The molecule has 120 valence electrons. The van der Waals surface area contributed by atoms with Crippen molar-refractivity contribution in [2.75, 3.05) is 0 Å². The highest BCUT2D eigenvalue weighted by Crippen LogP contribution is 2.25. The van der Waals surface area contributed by atoms with E-state index in [0.717, 1.165) is 6.42 Å². The molecule has 0 aliphatic heterocycles. The van der Waals surface area contributed by atoms with Crippen molar-refractivity contribution in [3.63, 3.8) is 0 Å². The lowest BCUT2D eigenvalue weighted by Crippen LogP contribution is -2.40. The monoisotopic (exact) mass is 310 g/mol. The molecule has 0 radical (unpaired) electrons. The van der Waals surface area contributed by atoms with E-state index < -0.39 is 0 Å². The van der Waals surface area contributed by atoms with Gasteiger partial charge in [0, 0.05) is 24.0 Å². The molecule has 21 heavy (non-hydrogen) atoms. The van der Waals surface area contributed by atoms with Crippen LogP contribution in [0.3, 0.4) is 0 Å². The van der Waals surface area contributed by atoms with E-state index >= 15 is 0 Å². The Hall–Kier alpha value is -0.600. The Morgan fingerprint density at radius 1 is 1.05 bits per heavy atom. The van der Waals surface area contributed by atoms with Crippen LogP contribution in [-0.4, -0.2) is 21.5 Å². The summed E-state index contributed by atoms with van der Waals surface area (Å²) in [6.07, 6.45) is 2.91. The molecule has 0 aromatic carbocycles. The van der Waals surface area contributed by atoms with E-state index in [9.17, 15) is 0 Å². The van der Waals surface area contributed by atoms with Crippen LogP contribution in [0.4, 0.5) is 0 Å². The summed E-state index contributed by atoms with van der Waals surface area (Å²) in [6.45, 7) is 15.5. The highest BCUT2D eigenvalue weighted by Gasteiger charge is 2.25. The van der Waals surface area contributed by atoms with E-state index in [-0.39, 0.29) is 0 Å². The zero-order valence-electron chi connectivity index (χ0n) is 14.6. The number of nitrogens with zero attached hydrogens (tertiary/aromatic N) is 2. The van der Waals surface area contributed by atoms with Gasteiger partial charge >= 0.3 is 0 Å². The van der Waals surface area contributed by atoms with Gasteiger partial charge in [0.15, 0.2) is 0 Å². The topological polar surface area (TPSA) is 16.1 Å². The van der Waals surface area contributed by atoms with E-state index in [1.54, 1.807) is 0 Å². The molecule has 3 atom stereocenters. The molecule has 1 aromatic rings. The molecule has 0 fully saturated rings. The maximum atomic E-state index is 6.56. The van der Waals surface area contributed by atoms with Crippen LogP contribution < -0.4 is 0 Å². The third kappa shape index (κ3) is 4.96. The smallest absolute Gasteiger partial charge is 0.0461 e. The molecule has 0 unspecified atom stereocenters. The molecule has 2 nitrogen and oxygen atoms in total. The standard InChI is InChI=1S/C18H31ClN2/c1-12(2)15(6)21(19)16(7)14(5)11-17-9-8-10-20-18(17)13(3)4/h8-10,12-16H,11H2,1-7H3/t14-,15+,16-/m0/s1. The van der Waals surface area contributed by atoms with Gasteiger partial charge < -0.3 is 0 Å². The molecule has 1 rings (SSSR count). The fraction of sp³-hybridized carbons (Fsp3) is 0.722. The van der Waals surface area contributed by atoms with Crippen LogP contribution in [-0.2, 0) is 6.42 Å². The van der Waals surface area contributed by atoms with Gasteiger partial charge in [-0.25, -0.2) is 4.42 Å². The van der Waals surface area contributed by atoms with Crippen LogP contribution in [0, 0.1) is 11.8 Å². The van der Waals surface area contributed by atoms with Crippen LogP contribution in [0.15, 0.2) is 18.3 Å². The molecule has 0 aliphatic carbocycles. The van der Waals surface area contributed by atoms with Gasteiger partial charge in [0.1, 0.15) is 0 Å². The van der Waals surface area contributed by atoms with Gasteiger partial charge in [-0.2, -0.15) is 0 Å². The molecule has 0 amide bonds. The molecule has 1 heterocycles. The summed E-state index contributed by atoms with van der Waals surface area (Å²) in [5.41, 5.74) is 2.57. The van der Waals surface area contributed by atoms with E-state index in [4.69, 9.17) is 11.8 Å². The van der Waals surface area contributed by atoms with Crippen molar-refractivity contribution in [3.8, 4) is 0 Å². The second-order valence-corrected chi connectivity index (χ2v) is 7.34. The summed E-state index contributed by atoms with van der Waals surface area (Å²) >= 11 is 6.56. The number of hydrogen-bond acceptors (Lipinski definition) is 2. The Balaban J connectivity index is 2.79. The fourth-order valence-corrected chi connectivity index (χ4v) is 2.98. The van der Waals surface area contributed by atoms with E-state index in [0.29, 0.717) is 29.8 Å². The van der Waals surface area contributed by atoms with Gasteiger partial charge in [0.2, 0.25) is 0 Å². The number of rotatable bonds is 7. The van der Waals surface area contributed by atoms with Crippen LogP contribution in [0.2, 0.25) is 0 Å². The van der Waals surface area contributed by atoms with Crippen LogP contribution in [0.1, 0.15) is 65.6 Å². The maximum absolute atomic E-state index is 6.56. The average molecular weight is 311 g/mol. The van der Waals surface area contributed by atoms with E-state index in [1.165, 1.54) is 11.3 Å². The molecule has 0 N–H and O–H groups in total. The van der Waals surface area contributed by atoms with Crippen molar-refractivity contribution < 1.29 is 0 Å². The van der Waals surface area contributed by atoms with Crippen LogP contribution in [0.25, 0.3) is 0 Å². The van der Waals surface area contributed by atoms with Crippen molar-refractivity contribution in [2.24, 2.45) is 11.8 Å². The number of hydrogen-bond donors (Lipinski definition) is 0. The fourth-order valence-electron chi connectivity index (χ4n) is 2.56. The first kappa shape index (κ1) is 18.4. The SMILES string of the molecule is CC(C)c1ncccc1C[C@H](C)[C@H](C)N(Cl)[C@H](C)C(C)C. The van der Waals surface area contributed by atoms with Crippen LogP contribution in [0.5, 0.6) is 0 Å². The summed E-state index contributed by atoms with van der Waals surface area (Å²) in [4.78, 5) is 4.55. The molecule has 0 saturated heterocycles. The minimum Gasteiger partial charge on any atom is -0.261 e. The van der Waals surface area contributed by atoms with Crippen LogP contribution >= 0.6 is 11.8 Å². The van der Waals surface area contributed by atoms with Crippen molar-refractivity contribution in [2.45, 2.75) is 72.9 Å². The quantitative estimate of drug-likeness (QED) is 0.638. The van der Waals surface area contributed by atoms with Gasteiger partial charge in [-0.15, -0.1) is 0 Å². The van der Waals surface area contributed by atoms with Gasteiger partial charge in [0.25, 0.3) is 0 Å². The summed E-state index contributed by atoms with van der Waals surface area (Å²) in [5.74, 6) is 1.51. The maximum Gasteiger partial charge on any atom is 0.0461 e. The molecule has 3 heteroatoms. The Morgan fingerprint density at radius 3 is 2.19 bits per heavy atom. The van der Waals surface area contributed by atoms with Gasteiger partial charge in [-0.3, -0.25) is 4.98 Å². The largest absolute Gasteiger partial charge is 0.261 e. The first-order valence-electron chi connectivity index (χ1n) is 8.13. The Labute approximate surface area is 136 Å². The number of pyridine rings is 1. The summed E-state index contributed by atoms with van der Waals surface area (Å²) in [5, 5.41) is 0. The lowest BCUT2D eigenvalue weighted by molar-refractivity contribution is 0.192. The van der Waals surface area contributed by atoms with E-state index in [1.807, 2.05) is 16.7 Å². The number of aromatic nitrogens is 1. The second-order valence-electron chi connectivity index (χ2n) is 6.95. The van der Waals surface area contributed by atoms with Gasteiger partial charge in [-0.1, -0.05) is 40.7 Å². The Kier molecular flexibility index (Phi) is 7.15. The summed E-state index contributed by atoms with van der Waals surface area (Å²) in [7, 11) is 0. The molecule has 0 saturated carbocycles. The predicted octanol–water partition coefficient (Wildman–Crippen LogP) is 5.27. The minimum absolute atomic E-state index is 0.337. The Bertz CT molecular complexity index is 431. The summed E-state index contributed by atoms with van der Waals surface area (Å²) in [6, 6.07) is 4.95.